The van der Waals surface area contributed by atoms with Gasteiger partial charge in [0.05, 0.1) is 30.3 Å². The lowest BCUT2D eigenvalue weighted by molar-refractivity contribution is -0.384. The standard InChI is InChI=1S/C23H32N2O16/c1-9(27)24-15-12(28)6-23(22(34)35,41-20(15)16(30)13(29)7-26)38-8-14-17(31)18(32)19(33)21(40-14)39-11-4-2-10(3-5-11)25(36)37/h2-5,12-21,26,28-33H,6-8H2,1H3,(H,24,27)(H,34,35)/t12-,13-,14?,15-,16-,17+,18?,19?,20?,21-,23-/m1/s1. The smallest absolute Gasteiger partial charge is 0.364 e. The molecule has 2 saturated heterocycles. The van der Waals surface area contributed by atoms with E-state index >= 15 is 0 Å². The first-order valence-electron chi connectivity index (χ1n) is 12.3. The molecule has 0 saturated carbocycles. The number of rotatable bonds is 11. The third kappa shape index (κ3) is 7.25. The monoisotopic (exact) mass is 592 g/mol. The van der Waals surface area contributed by atoms with E-state index in [2.05, 4.69) is 5.32 Å². The average molecular weight is 593 g/mol. The van der Waals surface area contributed by atoms with E-state index in [1.54, 1.807) is 0 Å². The number of aliphatic hydroxyl groups excluding tert-OH is 7. The van der Waals surface area contributed by atoms with Gasteiger partial charge >= 0.3 is 5.97 Å². The summed E-state index contributed by atoms with van der Waals surface area (Å²) in [5.74, 6) is -5.29. The number of non-ortho nitro benzene ring substituents is 1. The quantitative estimate of drug-likeness (QED) is 0.0872. The highest BCUT2D eigenvalue weighted by Crippen LogP contribution is 2.35. The molecule has 0 aromatic heterocycles. The molecule has 0 spiro atoms. The number of nitro benzene ring substituents is 1. The van der Waals surface area contributed by atoms with E-state index in [1.807, 2.05) is 0 Å². The molecule has 0 bridgehead atoms. The van der Waals surface area contributed by atoms with Gasteiger partial charge in [0.25, 0.3) is 11.5 Å². The van der Waals surface area contributed by atoms with Gasteiger partial charge in [0.1, 0.15) is 48.5 Å². The minimum atomic E-state index is -2.76. The molecule has 1 amide bonds. The molecular formula is C23H32N2O16. The molecule has 9 N–H and O–H groups in total. The maximum absolute atomic E-state index is 12.3. The van der Waals surface area contributed by atoms with Crippen LogP contribution in [0.5, 0.6) is 5.75 Å². The molecule has 2 aliphatic heterocycles. The van der Waals surface area contributed by atoms with Gasteiger partial charge in [0, 0.05) is 25.5 Å². The Morgan fingerprint density at radius 3 is 2.32 bits per heavy atom. The lowest BCUT2D eigenvalue weighted by Crippen LogP contribution is -2.68. The largest absolute Gasteiger partial charge is 0.477 e. The number of nitrogens with one attached hydrogen (secondary N) is 1. The van der Waals surface area contributed by atoms with Gasteiger partial charge in [-0.25, -0.2) is 4.79 Å². The number of ether oxygens (including phenoxy) is 4. The summed E-state index contributed by atoms with van der Waals surface area (Å²) in [7, 11) is 0. The lowest BCUT2D eigenvalue weighted by atomic mass is 9.88. The first-order valence-corrected chi connectivity index (χ1v) is 12.3. The van der Waals surface area contributed by atoms with Crippen LogP contribution in [0, 0.1) is 10.1 Å². The van der Waals surface area contributed by atoms with Crippen LogP contribution in [0.1, 0.15) is 13.3 Å². The maximum Gasteiger partial charge on any atom is 0.364 e. The number of carboxylic acids is 1. The minimum Gasteiger partial charge on any atom is -0.477 e. The summed E-state index contributed by atoms with van der Waals surface area (Å²) < 4.78 is 21.8. The van der Waals surface area contributed by atoms with E-state index in [9.17, 15) is 60.6 Å². The number of carbonyl (C=O) groups is 2. The molecule has 3 rings (SSSR count). The van der Waals surface area contributed by atoms with Gasteiger partial charge in [-0.1, -0.05) is 0 Å². The molecule has 18 heteroatoms. The van der Waals surface area contributed by atoms with Crippen molar-refractivity contribution in [3.63, 3.8) is 0 Å². The van der Waals surface area contributed by atoms with Crippen LogP contribution >= 0.6 is 0 Å². The fourth-order valence-corrected chi connectivity index (χ4v) is 4.43. The topological polar surface area (TPSA) is 288 Å². The highest BCUT2D eigenvalue weighted by molar-refractivity contribution is 5.76. The van der Waals surface area contributed by atoms with Crippen LogP contribution in [0.2, 0.25) is 0 Å². The Morgan fingerprint density at radius 1 is 1.15 bits per heavy atom. The normalized spacial score (nSPS) is 35.2. The van der Waals surface area contributed by atoms with Crippen molar-refractivity contribution in [1.82, 2.24) is 5.32 Å². The number of carbonyl (C=O) groups excluding carboxylic acids is 1. The van der Waals surface area contributed by atoms with Gasteiger partial charge in [-0.2, -0.15) is 0 Å². The number of hydrogen-bond acceptors (Lipinski definition) is 15. The molecule has 11 atom stereocenters. The number of hydrogen-bond donors (Lipinski definition) is 9. The van der Waals surface area contributed by atoms with Crippen molar-refractivity contribution in [2.75, 3.05) is 13.2 Å². The number of carboxylic acid groups (broad SMARTS) is 1. The number of nitrogens with zero attached hydrogens (tertiary/aromatic N) is 1. The van der Waals surface area contributed by atoms with E-state index in [4.69, 9.17) is 18.9 Å². The third-order valence-corrected chi connectivity index (χ3v) is 6.64. The van der Waals surface area contributed by atoms with E-state index in [-0.39, 0.29) is 11.4 Å². The third-order valence-electron chi connectivity index (χ3n) is 6.64. The van der Waals surface area contributed by atoms with Crippen LogP contribution < -0.4 is 10.1 Å². The molecule has 0 aliphatic carbocycles. The highest BCUT2D eigenvalue weighted by Gasteiger charge is 2.56. The lowest BCUT2D eigenvalue weighted by Gasteiger charge is -2.47. The summed E-state index contributed by atoms with van der Waals surface area (Å²) in [5, 5.41) is 94.5. The summed E-state index contributed by atoms with van der Waals surface area (Å²) >= 11 is 0. The Morgan fingerprint density at radius 2 is 1.78 bits per heavy atom. The van der Waals surface area contributed by atoms with Gasteiger partial charge in [-0.3, -0.25) is 14.9 Å². The van der Waals surface area contributed by atoms with Gasteiger partial charge in [-0.15, -0.1) is 0 Å². The summed E-state index contributed by atoms with van der Waals surface area (Å²) in [5.41, 5.74) is -0.256. The van der Waals surface area contributed by atoms with E-state index in [1.165, 1.54) is 12.1 Å². The summed E-state index contributed by atoms with van der Waals surface area (Å²) in [4.78, 5) is 34.1. The summed E-state index contributed by atoms with van der Waals surface area (Å²) in [6.07, 6.45) is -17.1. The zero-order valence-electron chi connectivity index (χ0n) is 21.5. The Hall–Kier alpha value is -3.04. The SMILES string of the molecule is CC(=O)N[C@H]1C([C@H](O)[C@H](O)CO)O[C@@](OCC2O[C@@H](Oc3ccc([N+](=O)[O-])cc3)C(O)C(O)[C@H]2O)(C(=O)O)C[C@H]1O. The van der Waals surface area contributed by atoms with Crippen molar-refractivity contribution >= 4 is 17.6 Å². The number of aliphatic carboxylic acids is 1. The first-order chi connectivity index (χ1) is 19.2. The van der Waals surface area contributed by atoms with Crippen LogP contribution in [0.25, 0.3) is 0 Å². The van der Waals surface area contributed by atoms with Crippen molar-refractivity contribution in [3.05, 3.63) is 34.4 Å². The van der Waals surface area contributed by atoms with Crippen LogP contribution in [-0.4, -0.2) is 138 Å². The molecule has 2 aliphatic rings. The van der Waals surface area contributed by atoms with Crippen LogP contribution in [0.3, 0.4) is 0 Å². The average Bonchev–Trinajstić information content (AvgIpc) is 2.93. The Bertz CT molecular complexity index is 1070. The predicted molar refractivity (Wildman–Crippen MR) is 129 cm³/mol. The number of nitro groups is 1. The van der Waals surface area contributed by atoms with Gasteiger partial charge in [0.15, 0.2) is 0 Å². The Labute approximate surface area is 231 Å². The van der Waals surface area contributed by atoms with Crippen molar-refractivity contribution in [2.45, 2.75) is 80.3 Å². The van der Waals surface area contributed by atoms with Crippen molar-refractivity contribution in [1.29, 1.82) is 0 Å². The minimum absolute atomic E-state index is 0.0214. The molecule has 230 valence electrons. The molecule has 2 heterocycles. The maximum atomic E-state index is 12.3. The second kappa shape index (κ2) is 13.3. The van der Waals surface area contributed by atoms with Crippen molar-refractivity contribution < 1.29 is 74.3 Å². The second-order valence-corrected chi connectivity index (χ2v) is 9.57. The van der Waals surface area contributed by atoms with Gasteiger partial charge < -0.3 is 65.1 Å². The highest BCUT2D eigenvalue weighted by atomic mass is 16.7. The Balaban J connectivity index is 1.80. The van der Waals surface area contributed by atoms with Crippen LogP contribution in [0.15, 0.2) is 24.3 Å². The number of amides is 1. The second-order valence-electron chi connectivity index (χ2n) is 9.57. The van der Waals surface area contributed by atoms with Crippen LogP contribution in [0.4, 0.5) is 5.69 Å². The molecule has 2 fully saturated rings. The van der Waals surface area contributed by atoms with E-state index in [0.717, 1.165) is 19.1 Å². The zero-order valence-corrected chi connectivity index (χ0v) is 21.5. The van der Waals surface area contributed by atoms with Gasteiger partial charge in [0.2, 0.25) is 12.2 Å². The molecule has 0 radical (unpaired) electrons. The van der Waals surface area contributed by atoms with E-state index in [0.29, 0.717) is 0 Å². The van der Waals surface area contributed by atoms with Crippen molar-refractivity contribution in [3.8, 4) is 5.75 Å². The number of benzene rings is 1. The predicted octanol–water partition coefficient (Wildman–Crippen LogP) is -4.05. The van der Waals surface area contributed by atoms with Crippen LogP contribution in [-0.2, 0) is 23.8 Å². The first kappa shape index (κ1) is 32.5. The summed E-state index contributed by atoms with van der Waals surface area (Å²) in [6, 6.07) is 3.14. The van der Waals surface area contributed by atoms with Gasteiger partial charge in [-0.05, 0) is 12.1 Å². The molecule has 4 unspecified atom stereocenters. The molecule has 18 nitrogen and oxygen atoms in total. The number of aliphatic hydroxyl groups is 7. The Kier molecular flexibility index (Phi) is 10.5. The molecule has 41 heavy (non-hydrogen) atoms. The fraction of sp³-hybridized carbons (Fsp3) is 0.652. The van der Waals surface area contributed by atoms with Crippen molar-refractivity contribution in [2.24, 2.45) is 0 Å². The molecule has 1 aromatic carbocycles. The molecule has 1 aromatic rings. The summed E-state index contributed by atoms with van der Waals surface area (Å²) in [6.45, 7) is -0.769. The zero-order chi connectivity index (χ0) is 30.6. The fourth-order valence-electron chi connectivity index (χ4n) is 4.43. The van der Waals surface area contributed by atoms with E-state index < -0.39 is 103 Å². The molecular weight excluding hydrogens is 560 g/mol.